The smallest absolute Gasteiger partial charge is 0.150 e. The molecule has 70 valence electrons. The van der Waals surface area contributed by atoms with Crippen LogP contribution in [0, 0.1) is 0 Å². The zero-order valence-corrected chi connectivity index (χ0v) is 8.77. The van der Waals surface area contributed by atoms with Gasteiger partial charge in [-0.25, -0.2) is 9.97 Å². The van der Waals surface area contributed by atoms with E-state index < -0.39 is 0 Å². The van der Waals surface area contributed by atoms with Crippen molar-refractivity contribution in [1.29, 1.82) is 0 Å². The van der Waals surface area contributed by atoms with Crippen LogP contribution in [0.25, 0.3) is 0 Å². The van der Waals surface area contributed by atoms with E-state index in [1.807, 2.05) is 12.1 Å². The van der Waals surface area contributed by atoms with Crippen molar-refractivity contribution in [1.82, 2.24) is 15.0 Å². The normalized spacial score (nSPS) is 9.79. The van der Waals surface area contributed by atoms with Crippen LogP contribution >= 0.6 is 15.9 Å². The summed E-state index contributed by atoms with van der Waals surface area (Å²) in [6.45, 7) is 0. The molecule has 2 heterocycles. The number of nitrogens with zero attached hydrogens (tertiary/aromatic N) is 3. The summed E-state index contributed by atoms with van der Waals surface area (Å²) in [6.07, 6.45) is 6.60. The van der Waals surface area contributed by atoms with Gasteiger partial charge in [0.15, 0.2) is 0 Å². The van der Waals surface area contributed by atoms with Gasteiger partial charge < -0.3 is 5.32 Å². The van der Waals surface area contributed by atoms with Gasteiger partial charge in [-0.3, -0.25) is 4.98 Å². The third-order valence-electron chi connectivity index (χ3n) is 1.54. The lowest BCUT2D eigenvalue weighted by molar-refractivity contribution is 1.18. The molecule has 14 heavy (non-hydrogen) atoms. The highest BCUT2D eigenvalue weighted by atomic mass is 79.9. The predicted molar refractivity (Wildman–Crippen MR) is 57.3 cm³/mol. The first-order valence-electron chi connectivity index (χ1n) is 3.99. The van der Waals surface area contributed by atoms with E-state index in [1.165, 1.54) is 0 Å². The summed E-state index contributed by atoms with van der Waals surface area (Å²) in [7, 11) is 0. The summed E-state index contributed by atoms with van der Waals surface area (Å²) >= 11 is 3.36. The number of rotatable bonds is 2. The zero-order chi connectivity index (χ0) is 9.80. The molecule has 0 aromatic carbocycles. The lowest BCUT2D eigenvalue weighted by atomic mass is 10.4. The topological polar surface area (TPSA) is 50.7 Å². The number of hydrogen-bond donors (Lipinski definition) is 1. The fourth-order valence-electron chi connectivity index (χ4n) is 0.968. The Kier molecular flexibility index (Phi) is 2.69. The molecular formula is C9H7BrN4. The minimum atomic E-state index is 0.679. The van der Waals surface area contributed by atoms with Crippen molar-refractivity contribution < 1.29 is 0 Å². The van der Waals surface area contributed by atoms with Crippen molar-refractivity contribution in [2.75, 3.05) is 5.32 Å². The summed E-state index contributed by atoms with van der Waals surface area (Å²) in [5.74, 6) is 1.41. The van der Waals surface area contributed by atoms with Gasteiger partial charge in [-0.2, -0.15) is 0 Å². The number of pyridine rings is 1. The molecule has 0 atom stereocenters. The van der Waals surface area contributed by atoms with Gasteiger partial charge in [0, 0.05) is 23.1 Å². The van der Waals surface area contributed by atoms with Crippen LogP contribution in [0.15, 0.2) is 41.4 Å². The van der Waals surface area contributed by atoms with Crippen LogP contribution in [0.4, 0.5) is 11.6 Å². The average Bonchev–Trinajstić information content (AvgIpc) is 2.19. The molecule has 0 fully saturated rings. The largest absolute Gasteiger partial charge is 0.324 e. The molecule has 1 N–H and O–H groups in total. The molecular weight excluding hydrogens is 244 g/mol. The van der Waals surface area contributed by atoms with E-state index >= 15 is 0 Å². The first kappa shape index (κ1) is 9.08. The highest BCUT2D eigenvalue weighted by Gasteiger charge is 1.96. The maximum atomic E-state index is 4.13. The molecule has 5 heteroatoms. The van der Waals surface area contributed by atoms with Gasteiger partial charge in [0.05, 0.1) is 6.20 Å². The molecule has 0 aliphatic rings. The fraction of sp³-hybridized carbons (Fsp3) is 0. The van der Waals surface area contributed by atoms with Crippen molar-refractivity contribution in [2.24, 2.45) is 0 Å². The molecule has 0 aliphatic heterocycles. The lowest BCUT2D eigenvalue weighted by Crippen LogP contribution is -1.95. The van der Waals surface area contributed by atoms with Crippen LogP contribution in [0.3, 0.4) is 0 Å². The summed E-state index contributed by atoms with van der Waals surface area (Å²) in [4.78, 5) is 12.1. The van der Waals surface area contributed by atoms with Crippen molar-refractivity contribution in [3.05, 3.63) is 41.4 Å². The van der Waals surface area contributed by atoms with E-state index in [1.54, 1.807) is 24.8 Å². The van der Waals surface area contributed by atoms with E-state index in [2.05, 4.69) is 36.2 Å². The van der Waals surface area contributed by atoms with Gasteiger partial charge in [-0.15, -0.1) is 0 Å². The van der Waals surface area contributed by atoms with E-state index in [4.69, 9.17) is 0 Å². The van der Waals surface area contributed by atoms with Crippen molar-refractivity contribution >= 4 is 27.6 Å². The van der Waals surface area contributed by atoms with E-state index in [9.17, 15) is 0 Å². The molecule has 4 nitrogen and oxygen atoms in total. The van der Waals surface area contributed by atoms with Crippen LogP contribution in [-0.4, -0.2) is 15.0 Å². The predicted octanol–water partition coefficient (Wildman–Crippen LogP) is 2.38. The molecule has 0 radical (unpaired) electrons. The molecule has 2 rings (SSSR count). The fourth-order valence-corrected chi connectivity index (χ4v) is 1.30. The van der Waals surface area contributed by atoms with Crippen LogP contribution in [-0.2, 0) is 0 Å². The standard InChI is InChI=1S/C9H7BrN4/c10-7-1-2-12-8(5-7)14-9-6-11-3-4-13-9/h1-6H,(H,12,13,14). The maximum absolute atomic E-state index is 4.13. The molecule has 0 bridgehead atoms. The Morgan fingerprint density at radius 3 is 2.64 bits per heavy atom. The first-order valence-corrected chi connectivity index (χ1v) is 4.78. The second-order valence-electron chi connectivity index (χ2n) is 2.57. The van der Waals surface area contributed by atoms with E-state index in [-0.39, 0.29) is 0 Å². The molecule has 2 aromatic rings. The monoisotopic (exact) mass is 250 g/mol. The molecule has 0 unspecified atom stereocenters. The molecule has 0 spiro atoms. The van der Waals surface area contributed by atoms with Crippen LogP contribution < -0.4 is 5.32 Å². The summed E-state index contributed by atoms with van der Waals surface area (Å²) in [6, 6.07) is 3.73. The van der Waals surface area contributed by atoms with Crippen molar-refractivity contribution in [2.45, 2.75) is 0 Å². The second-order valence-corrected chi connectivity index (χ2v) is 3.49. The Hall–Kier alpha value is -1.49. The number of nitrogens with one attached hydrogen (secondary N) is 1. The van der Waals surface area contributed by atoms with Gasteiger partial charge in [0.2, 0.25) is 0 Å². The maximum Gasteiger partial charge on any atom is 0.150 e. The number of hydrogen-bond acceptors (Lipinski definition) is 4. The van der Waals surface area contributed by atoms with Crippen molar-refractivity contribution in [3.63, 3.8) is 0 Å². The van der Waals surface area contributed by atoms with Crippen LogP contribution in [0.2, 0.25) is 0 Å². The third-order valence-corrected chi connectivity index (χ3v) is 2.03. The van der Waals surface area contributed by atoms with Crippen LogP contribution in [0.5, 0.6) is 0 Å². The summed E-state index contributed by atoms with van der Waals surface area (Å²) < 4.78 is 0.971. The van der Waals surface area contributed by atoms with Gasteiger partial charge in [-0.05, 0) is 12.1 Å². The quantitative estimate of drug-likeness (QED) is 0.890. The first-order chi connectivity index (χ1) is 6.84. The van der Waals surface area contributed by atoms with Gasteiger partial charge in [0.25, 0.3) is 0 Å². The molecule has 0 amide bonds. The van der Waals surface area contributed by atoms with Crippen molar-refractivity contribution in [3.8, 4) is 0 Å². The zero-order valence-electron chi connectivity index (χ0n) is 7.18. The number of aromatic nitrogens is 3. The number of halogens is 1. The Morgan fingerprint density at radius 2 is 1.93 bits per heavy atom. The number of anilines is 2. The van der Waals surface area contributed by atoms with E-state index in [0.29, 0.717) is 5.82 Å². The Morgan fingerprint density at radius 1 is 1.07 bits per heavy atom. The van der Waals surface area contributed by atoms with Gasteiger partial charge in [-0.1, -0.05) is 15.9 Å². The third kappa shape index (κ3) is 2.26. The molecule has 0 aliphatic carbocycles. The Bertz CT molecular complexity index is 418. The average molecular weight is 251 g/mol. The van der Waals surface area contributed by atoms with Crippen LogP contribution in [0.1, 0.15) is 0 Å². The summed E-state index contributed by atoms with van der Waals surface area (Å²) in [5.41, 5.74) is 0. The Labute approximate surface area is 89.6 Å². The minimum Gasteiger partial charge on any atom is -0.324 e. The molecule has 0 saturated carbocycles. The lowest BCUT2D eigenvalue weighted by Gasteiger charge is -2.02. The minimum absolute atomic E-state index is 0.679. The molecule has 2 aromatic heterocycles. The van der Waals surface area contributed by atoms with Gasteiger partial charge >= 0.3 is 0 Å². The summed E-state index contributed by atoms with van der Waals surface area (Å²) in [5, 5.41) is 3.03. The SMILES string of the molecule is Brc1ccnc(Nc2cnccn2)c1. The Balaban J connectivity index is 2.19. The highest BCUT2D eigenvalue weighted by molar-refractivity contribution is 9.10. The second kappa shape index (κ2) is 4.15. The van der Waals surface area contributed by atoms with E-state index in [0.717, 1.165) is 10.3 Å². The highest BCUT2D eigenvalue weighted by Crippen LogP contribution is 2.15. The van der Waals surface area contributed by atoms with Gasteiger partial charge in [0.1, 0.15) is 11.6 Å². The molecule has 0 saturated heterocycles.